The molecule has 0 aliphatic carbocycles. The minimum atomic E-state index is -3.99. The van der Waals surface area contributed by atoms with Crippen LogP contribution in [0.25, 0.3) is 0 Å². The van der Waals surface area contributed by atoms with Crippen molar-refractivity contribution in [3.8, 4) is 0 Å². The van der Waals surface area contributed by atoms with Crippen LogP contribution < -0.4 is 5.32 Å². The van der Waals surface area contributed by atoms with Gasteiger partial charge < -0.3 is 5.32 Å². The molecule has 1 saturated heterocycles. The first-order chi connectivity index (χ1) is 4.08. The van der Waals surface area contributed by atoms with Crippen molar-refractivity contribution in [3.63, 3.8) is 0 Å². The Balaban J connectivity index is 0.000000810. The lowest BCUT2D eigenvalue weighted by atomic mass is 10.0. The molecule has 0 aromatic carbocycles. The first-order valence-electron chi connectivity index (χ1n) is 2.88. The molecule has 1 rings (SSSR count). The predicted molar refractivity (Wildman–Crippen MR) is 34.3 cm³/mol. The Bertz CT molecular complexity index is 99.6. The van der Waals surface area contributed by atoms with E-state index in [-0.39, 0.29) is 18.4 Å². The van der Waals surface area contributed by atoms with Crippen LogP contribution in [0.5, 0.6) is 0 Å². The molecule has 0 spiro atoms. The van der Waals surface area contributed by atoms with E-state index in [0.29, 0.717) is 6.42 Å². The molecule has 0 aromatic heterocycles. The van der Waals surface area contributed by atoms with Crippen molar-refractivity contribution >= 4 is 12.4 Å². The molecule has 0 amide bonds. The molecule has 62 valence electrons. The van der Waals surface area contributed by atoms with Crippen LogP contribution in [0.15, 0.2) is 0 Å². The van der Waals surface area contributed by atoms with Crippen LogP contribution in [-0.4, -0.2) is 18.8 Å². The van der Waals surface area contributed by atoms with Crippen molar-refractivity contribution in [1.29, 1.82) is 0 Å². The maximum Gasteiger partial charge on any atom is 0.390 e. The summed E-state index contributed by atoms with van der Waals surface area (Å²) in [7, 11) is 0. The van der Waals surface area contributed by atoms with E-state index in [9.17, 15) is 13.2 Å². The first-order valence-corrected chi connectivity index (χ1v) is 2.88. The van der Waals surface area contributed by atoms with Gasteiger partial charge in [0.25, 0.3) is 0 Å². The summed E-state index contributed by atoms with van der Waals surface area (Å²) in [5, 5.41) is 2.68. The van der Waals surface area contributed by atoms with E-state index in [4.69, 9.17) is 0 Å². The number of hydrogen-bond acceptors (Lipinski definition) is 1. The van der Waals surface area contributed by atoms with E-state index >= 15 is 0 Å². The average molecular weight is 176 g/mol. The zero-order valence-electron chi connectivity index (χ0n) is 5.24. The Kier molecular flexibility index (Phi) is 3.45. The van der Waals surface area contributed by atoms with E-state index in [2.05, 4.69) is 5.32 Å². The van der Waals surface area contributed by atoms with E-state index < -0.39 is 12.6 Å². The standard InChI is InChI=1S/C5H8F3N.ClH/c6-5(7,8)3-4-1-2-9-4;/h4,9H,1-3H2;1H. The summed E-state index contributed by atoms with van der Waals surface area (Å²) in [6, 6.07) is -0.301. The molecule has 1 heterocycles. The van der Waals surface area contributed by atoms with Crippen LogP contribution in [0.3, 0.4) is 0 Å². The third kappa shape index (κ3) is 3.27. The highest BCUT2D eigenvalue weighted by Crippen LogP contribution is 2.24. The summed E-state index contributed by atoms with van der Waals surface area (Å²) in [5.74, 6) is 0. The maximum atomic E-state index is 11.5. The summed E-state index contributed by atoms with van der Waals surface area (Å²) in [5.41, 5.74) is 0. The maximum absolute atomic E-state index is 11.5. The second-order valence-corrected chi connectivity index (χ2v) is 2.26. The molecule has 0 bridgehead atoms. The van der Waals surface area contributed by atoms with Gasteiger partial charge in [0.2, 0.25) is 0 Å². The Hall–Kier alpha value is 0.0400. The van der Waals surface area contributed by atoms with E-state index in [1.54, 1.807) is 0 Å². The quantitative estimate of drug-likeness (QED) is 0.640. The Labute approximate surface area is 63.4 Å². The summed E-state index contributed by atoms with van der Waals surface area (Å²) in [6.07, 6.45) is -4.00. The third-order valence-electron chi connectivity index (χ3n) is 1.40. The highest BCUT2D eigenvalue weighted by atomic mass is 35.5. The topological polar surface area (TPSA) is 12.0 Å². The van der Waals surface area contributed by atoms with Gasteiger partial charge in [-0.3, -0.25) is 0 Å². The fraction of sp³-hybridized carbons (Fsp3) is 1.00. The number of alkyl halides is 3. The van der Waals surface area contributed by atoms with Crippen molar-refractivity contribution < 1.29 is 13.2 Å². The number of hydrogen-bond donors (Lipinski definition) is 1. The van der Waals surface area contributed by atoms with Gasteiger partial charge in [-0.05, 0) is 13.0 Å². The third-order valence-corrected chi connectivity index (χ3v) is 1.40. The van der Waals surface area contributed by atoms with Crippen LogP contribution in [-0.2, 0) is 0 Å². The fourth-order valence-corrected chi connectivity index (χ4v) is 0.802. The highest BCUT2D eigenvalue weighted by molar-refractivity contribution is 5.85. The van der Waals surface area contributed by atoms with Crippen LogP contribution in [0.2, 0.25) is 0 Å². The van der Waals surface area contributed by atoms with Gasteiger partial charge in [0, 0.05) is 6.04 Å². The zero-order chi connectivity index (χ0) is 6.91. The molecule has 10 heavy (non-hydrogen) atoms. The molecule has 1 aliphatic rings. The predicted octanol–water partition coefficient (Wildman–Crippen LogP) is 1.72. The van der Waals surface area contributed by atoms with Crippen LogP contribution in [0.4, 0.5) is 13.2 Å². The molecule has 0 saturated carbocycles. The minimum Gasteiger partial charge on any atom is -0.314 e. The average Bonchev–Trinajstić information content (AvgIpc) is 1.53. The minimum absolute atomic E-state index is 0. The summed E-state index contributed by atoms with van der Waals surface area (Å²) >= 11 is 0. The van der Waals surface area contributed by atoms with Crippen molar-refractivity contribution in [2.24, 2.45) is 0 Å². The van der Waals surface area contributed by atoms with E-state index in [0.717, 1.165) is 6.54 Å². The lowest BCUT2D eigenvalue weighted by molar-refractivity contribution is -0.143. The van der Waals surface area contributed by atoms with Crippen molar-refractivity contribution in [3.05, 3.63) is 0 Å². The lowest BCUT2D eigenvalue weighted by Gasteiger charge is -2.28. The summed E-state index contributed by atoms with van der Waals surface area (Å²) in [6.45, 7) is 0.737. The smallest absolute Gasteiger partial charge is 0.314 e. The molecule has 1 atom stereocenters. The van der Waals surface area contributed by atoms with Crippen LogP contribution >= 0.6 is 12.4 Å². The van der Waals surface area contributed by atoms with Crippen molar-refractivity contribution in [2.45, 2.75) is 25.1 Å². The van der Waals surface area contributed by atoms with Crippen molar-refractivity contribution in [2.75, 3.05) is 6.54 Å². The number of nitrogens with one attached hydrogen (secondary N) is 1. The van der Waals surface area contributed by atoms with Gasteiger partial charge in [0.15, 0.2) is 0 Å². The van der Waals surface area contributed by atoms with E-state index in [1.165, 1.54) is 0 Å². The van der Waals surface area contributed by atoms with Gasteiger partial charge in [0.1, 0.15) is 0 Å². The fourth-order valence-electron chi connectivity index (χ4n) is 0.802. The SMILES string of the molecule is Cl.FC(F)(F)CC1CCN1. The number of halogens is 4. The highest BCUT2D eigenvalue weighted by Gasteiger charge is 2.33. The second kappa shape index (κ2) is 3.44. The van der Waals surface area contributed by atoms with Gasteiger partial charge in [-0.15, -0.1) is 12.4 Å². The number of rotatable bonds is 1. The Morgan fingerprint density at radius 1 is 1.40 bits per heavy atom. The van der Waals surface area contributed by atoms with Crippen LogP contribution in [0, 0.1) is 0 Å². The summed E-state index contributed by atoms with van der Waals surface area (Å²) in [4.78, 5) is 0. The normalized spacial score (nSPS) is 24.9. The molecular weight excluding hydrogens is 167 g/mol. The lowest BCUT2D eigenvalue weighted by Crippen LogP contribution is -2.45. The Morgan fingerprint density at radius 3 is 2.00 bits per heavy atom. The Morgan fingerprint density at radius 2 is 1.90 bits per heavy atom. The molecular formula is C5H9ClF3N. The molecule has 0 radical (unpaired) electrons. The summed E-state index contributed by atoms with van der Waals surface area (Å²) < 4.78 is 34.5. The van der Waals surface area contributed by atoms with Gasteiger partial charge in [0.05, 0.1) is 6.42 Å². The molecule has 1 N–H and O–H groups in total. The molecule has 1 fully saturated rings. The van der Waals surface area contributed by atoms with Gasteiger partial charge in [-0.2, -0.15) is 13.2 Å². The molecule has 5 heteroatoms. The van der Waals surface area contributed by atoms with Gasteiger partial charge in [-0.1, -0.05) is 0 Å². The van der Waals surface area contributed by atoms with Gasteiger partial charge >= 0.3 is 6.18 Å². The van der Waals surface area contributed by atoms with Crippen molar-refractivity contribution in [1.82, 2.24) is 5.32 Å². The molecule has 0 aromatic rings. The second-order valence-electron chi connectivity index (χ2n) is 2.26. The first kappa shape index (κ1) is 10.0. The monoisotopic (exact) mass is 175 g/mol. The largest absolute Gasteiger partial charge is 0.390 e. The molecule has 1 nitrogen and oxygen atoms in total. The zero-order valence-corrected chi connectivity index (χ0v) is 6.06. The molecule has 1 aliphatic heterocycles. The van der Waals surface area contributed by atoms with Crippen LogP contribution in [0.1, 0.15) is 12.8 Å². The van der Waals surface area contributed by atoms with Gasteiger partial charge in [-0.25, -0.2) is 0 Å². The van der Waals surface area contributed by atoms with E-state index in [1.807, 2.05) is 0 Å². The molecule has 1 unspecified atom stereocenters.